The number of nitrogens with two attached hydrogens (primary N) is 1. The minimum atomic E-state index is -4.67. The standard InChI is InChI=1S/C12H18N5O6P/c1-6(21-2)10-7(23-24(18,19)20)3-8(22-10)17-5-16-9-11(13)14-4-15-12(9)17/h4-8,10H,3H2,1-2H3,(H2,13,14,15)(H2,18,19,20)/t6?,7-,8+,10+/m0/s1. The molecule has 2 aromatic heterocycles. The molecule has 1 saturated heterocycles. The summed E-state index contributed by atoms with van der Waals surface area (Å²) < 4.78 is 28.8. The number of imidazole rings is 1. The molecule has 24 heavy (non-hydrogen) atoms. The van der Waals surface area contributed by atoms with E-state index in [4.69, 9.17) is 29.5 Å². The van der Waals surface area contributed by atoms with Crippen LogP contribution in [0.5, 0.6) is 0 Å². The summed E-state index contributed by atoms with van der Waals surface area (Å²) in [6.45, 7) is 1.73. The largest absolute Gasteiger partial charge is 0.469 e. The second-order valence-electron chi connectivity index (χ2n) is 5.45. The lowest BCUT2D eigenvalue weighted by Gasteiger charge is -2.23. The quantitative estimate of drug-likeness (QED) is 0.631. The lowest BCUT2D eigenvalue weighted by molar-refractivity contribution is -0.0864. The normalized spacial score (nSPS) is 26.1. The Bertz CT molecular complexity index is 778. The van der Waals surface area contributed by atoms with E-state index in [1.165, 1.54) is 19.8 Å². The van der Waals surface area contributed by atoms with Gasteiger partial charge < -0.3 is 25.0 Å². The van der Waals surface area contributed by atoms with Crippen LogP contribution in [0.15, 0.2) is 12.7 Å². The van der Waals surface area contributed by atoms with Gasteiger partial charge in [0.05, 0.1) is 12.4 Å². The number of phosphoric acid groups is 1. The van der Waals surface area contributed by atoms with Crippen LogP contribution in [0, 0.1) is 0 Å². The van der Waals surface area contributed by atoms with Gasteiger partial charge in [0.2, 0.25) is 0 Å². The van der Waals surface area contributed by atoms with Crippen molar-refractivity contribution in [3.05, 3.63) is 12.7 Å². The summed E-state index contributed by atoms with van der Waals surface area (Å²) in [7, 11) is -3.19. The van der Waals surface area contributed by atoms with Crippen LogP contribution < -0.4 is 5.73 Å². The Morgan fingerprint density at radius 3 is 2.88 bits per heavy atom. The first-order valence-electron chi connectivity index (χ1n) is 7.15. The number of fused-ring (bicyclic) bond motifs is 1. The third kappa shape index (κ3) is 3.27. The van der Waals surface area contributed by atoms with Gasteiger partial charge in [-0.1, -0.05) is 0 Å². The molecular formula is C12H18N5O6P. The van der Waals surface area contributed by atoms with Crippen LogP contribution in [0.2, 0.25) is 0 Å². The minimum absolute atomic E-state index is 0.193. The van der Waals surface area contributed by atoms with Crippen LogP contribution >= 0.6 is 7.82 Å². The lowest BCUT2D eigenvalue weighted by Crippen LogP contribution is -2.35. The number of methoxy groups -OCH3 is 1. The zero-order valence-electron chi connectivity index (χ0n) is 13.0. The Morgan fingerprint density at radius 2 is 2.21 bits per heavy atom. The molecule has 0 spiro atoms. The molecule has 0 amide bonds. The number of ether oxygens (including phenoxy) is 2. The maximum atomic E-state index is 11.2. The zero-order valence-corrected chi connectivity index (χ0v) is 13.9. The molecule has 4 atom stereocenters. The van der Waals surface area contributed by atoms with E-state index >= 15 is 0 Å². The van der Waals surface area contributed by atoms with E-state index in [1.807, 2.05) is 0 Å². The fourth-order valence-electron chi connectivity index (χ4n) is 2.74. The Labute approximate surface area is 137 Å². The molecule has 0 bridgehead atoms. The topological polar surface area (TPSA) is 155 Å². The molecular weight excluding hydrogens is 341 g/mol. The summed E-state index contributed by atoms with van der Waals surface area (Å²) >= 11 is 0. The third-order valence-corrected chi connectivity index (χ3v) is 4.46. The van der Waals surface area contributed by atoms with E-state index in [1.54, 1.807) is 11.5 Å². The minimum Gasteiger partial charge on any atom is -0.382 e. The first-order chi connectivity index (χ1) is 11.3. The number of nitrogen functional groups attached to an aromatic ring is 1. The van der Waals surface area contributed by atoms with Crippen LogP contribution in [0.3, 0.4) is 0 Å². The molecule has 2 aromatic rings. The van der Waals surface area contributed by atoms with Gasteiger partial charge in [-0.2, -0.15) is 0 Å². The van der Waals surface area contributed by atoms with Gasteiger partial charge in [0.15, 0.2) is 11.5 Å². The molecule has 3 rings (SSSR count). The molecule has 1 unspecified atom stereocenters. The highest BCUT2D eigenvalue weighted by Gasteiger charge is 2.43. The summed E-state index contributed by atoms with van der Waals surface area (Å²) in [6.07, 6.45) is 0.480. The van der Waals surface area contributed by atoms with E-state index in [-0.39, 0.29) is 12.2 Å². The smallest absolute Gasteiger partial charge is 0.382 e. The van der Waals surface area contributed by atoms with E-state index in [9.17, 15) is 4.57 Å². The van der Waals surface area contributed by atoms with Crippen molar-refractivity contribution in [3.8, 4) is 0 Å². The van der Waals surface area contributed by atoms with Crippen molar-refractivity contribution in [1.82, 2.24) is 19.5 Å². The molecule has 3 heterocycles. The van der Waals surface area contributed by atoms with Crippen LogP contribution in [0.1, 0.15) is 19.6 Å². The molecule has 0 radical (unpaired) electrons. The van der Waals surface area contributed by atoms with E-state index in [0.29, 0.717) is 11.2 Å². The summed E-state index contributed by atoms with van der Waals surface area (Å²) in [5.74, 6) is 0.238. The Morgan fingerprint density at radius 1 is 1.46 bits per heavy atom. The van der Waals surface area contributed by atoms with Gasteiger partial charge >= 0.3 is 7.82 Å². The molecule has 1 aliphatic rings. The van der Waals surface area contributed by atoms with Crippen molar-refractivity contribution in [3.63, 3.8) is 0 Å². The molecule has 4 N–H and O–H groups in total. The summed E-state index contributed by atoms with van der Waals surface area (Å²) in [5, 5.41) is 0. The molecule has 0 aliphatic carbocycles. The van der Waals surface area contributed by atoms with Gasteiger partial charge in [0.1, 0.15) is 30.3 Å². The van der Waals surface area contributed by atoms with Crippen LogP contribution in [0.25, 0.3) is 11.2 Å². The van der Waals surface area contributed by atoms with Gasteiger partial charge in [-0.05, 0) is 6.92 Å². The molecule has 12 heteroatoms. The van der Waals surface area contributed by atoms with E-state index in [0.717, 1.165) is 0 Å². The third-order valence-electron chi connectivity index (χ3n) is 3.92. The SMILES string of the molecule is COC(C)[C@H]1O[C@@H](n2cnc3c(N)ncnc32)C[C@@H]1OP(=O)(O)O. The highest BCUT2D eigenvalue weighted by atomic mass is 31.2. The Balaban J connectivity index is 1.91. The zero-order chi connectivity index (χ0) is 17.5. The average molecular weight is 359 g/mol. The molecule has 1 aliphatic heterocycles. The van der Waals surface area contributed by atoms with Crippen molar-refractivity contribution < 1.29 is 28.3 Å². The van der Waals surface area contributed by atoms with Crippen LogP contribution in [0.4, 0.5) is 5.82 Å². The fourth-order valence-corrected chi connectivity index (χ4v) is 3.30. The summed E-state index contributed by atoms with van der Waals surface area (Å²) in [5.41, 5.74) is 6.65. The van der Waals surface area contributed by atoms with Crippen molar-refractivity contribution in [2.45, 2.75) is 37.9 Å². The van der Waals surface area contributed by atoms with Gasteiger partial charge in [-0.25, -0.2) is 19.5 Å². The van der Waals surface area contributed by atoms with E-state index in [2.05, 4.69) is 15.0 Å². The monoisotopic (exact) mass is 359 g/mol. The lowest BCUT2D eigenvalue weighted by atomic mass is 10.1. The second kappa shape index (κ2) is 6.36. The number of hydrogen-bond acceptors (Lipinski definition) is 8. The van der Waals surface area contributed by atoms with Crippen molar-refractivity contribution in [1.29, 1.82) is 0 Å². The first-order valence-corrected chi connectivity index (χ1v) is 8.68. The van der Waals surface area contributed by atoms with Crippen LogP contribution in [-0.2, 0) is 18.6 Å². The van der Waals surface area contributed by atoms with Gasteiger partial charge in [-0.15, -0.1) is 0 Å². The predicted molar refractivity (Wildman–Crippen MR) is 81.7 cm³/mol. The van der Waals surface area contributed by atoms with E-state index < -0.39 is 32.4 Å². The van der Waals surface area contributed by atoms with Crippen molar-refractivity contribution in [2.75, 3.05) is 12.8 Å². The number of aromatic nitrogens is 4. The van der Waals surface area contributed by atoms with Gasteiger partial charge in [0, 0.05) is 13.5 Å². The fraction of sp³-hybridized carbons (Fsp3) is 0.583. The summed E-state index contributed by atoms with van der Waals surface area (Å²) in [4.78, 5) is 30.4. The van der Waals surface area contributed by atoms with Crippen molar-refractivity contribution in [2.24, 2.45) is 0 Å². The van der Waals surface area contributed by atoms with Crippen molar-refractivity contribution >= 4 is 24.8 Å². The molecule has 11 nitrogen and oxygen atoms in total. The Hall–Kier alpha value is -1.62. The maximum Gasteiger partial charge on any atom is 0.469 e. The number of phosphoric ester groups is 1. The first kappa shape index (κ1) is 17.2. The number of nitrogens with zero attached hydrogens (tertiary/aromatic N) is 4. The maximum absolute atomic E-state index is 11.2. The average Bonchev–Trinajstić information content (AvgIpc) is 3.09. The highest BCUT2D eigenvalue weighted by molar-refractivity contribution is 7.46. The number of rotatable bonds is 5. The Kier molecular flexibility index (Phi) is 4.56. The summed E-state index contributed by atoms with van der Waals surface area (Å²) in [6, 6.07) is 0. The second-order valence-corrected chi connectivity index (χ2v) is 6.64. The van der Waals surface area contributed by atoms with Crippen LogP contribution in [-0.4, -0.2) is 54.7 Å². The molecule has 1 fully saturated rings. The van der Waals surface area contributed by atoms with Gasteiger partial charge in [-0.3, -0.25) is 9.09 Å². The molecule has 0 aromatic carbocycles. The number of anilines is 1. The highest BCUT2D eigenvalue weighted by Crippen LogP contribution is 2.44. The molecule has 0 saturated carbocycles. The predicted octanol–water partition coefficient (Wildman–Crippen LogP) is 0.209. The molecule has 132 valence electrons. The number of hydrogen-bond donors (Lipinski definition) is 3. The van der Waals surface area contributed by atoms with Gasteiger partial charge in [0.25, 0.3) is 0 Å².